The van der Waals surface area contributed by atoms with Crippen LogP contribution in [-0.4, -0.2) is 45.6 Å². The van der Waals surface area contributed by atoms with Gasteiger partial charge in [0.1, 0.15) is 5.82 Å². The van der Waals surface area contributed by atoms with Gasteiger partial charge in [-0.3, -0.25) is 10.6 Å². The number of aromatic nitrogens is 2. The minimum Gasteiger partial charge on any atom is -0.348 e. The van der Waals surface area contributed by atoms with Crippen LogP contribution in [0.5, 0.6) is 0 Å². The Bertz CT molecular complexity index is 819. The molecule has 1 aliphatic heterocycles. The normalized spacial score (nSPS) is 18.9. The van der Waals surface area contributed by atoms with E-state index in [1.807, 2.05) is 13.8 Å². The Labute approximate surface area is 161 Å². The topological polar surface area (TPSA) is 105 Å². The van der Waals surface area contributed by atoms with E-state index in [4.69, 9.17) is 19.5 Å². The van der Waals surface area contributed by atoms with Gasteiger partial charge in [0.15, 0.2) is 22.3 Å². The SMILES string of the molecule is CC1(C)OC[C@H](CSc2nonc2C(=N)N(O)c2ccc(F)c(Br)c2)O1. The number of hydrogen-bond donors (Lipinski definition) is 2. The van der Waals surface area contributed by atoms with Crippen LogP contribution < -0.4 is 5.06 Å². The quantitative estimate of drug-likeness (QED) is 0.311. The average Bonchev–Trinajstić information content (AvgIpc) is 3.20. The molecule has 1 aromatic carbocycles. The lowest BCUT2D eigenvalue weighted by Gasteiger charge is -2.17. The van der Waals surface area contributed by atoms with Crippen molar-refractivity contribution in [2.75, 3.05) is 17.4 Å². The van der Waals surface area contributed by atoms with Crippen LogP contribution in [-0.2, 0) is 9.47 Å². The Morgan fingerprint density at radius 1 is 1.50 bits per heavy atom. The van der Waals surface area contributed by atoms with Gasteiger partial charge >= 0.3 is 0 Å². The van der Waals surface area contributed by atoms with E-state index in [1.165, 1.54) is 30.0 Å². The third-order valence-electron chi connectivity index (χ3n) is 3.52. The predicted octanol–water partition coefficient (Wildman–Crippen LogP) is 3.44. The van der Waals surface area contributed by atoms with Gasteiger partial charge in [0, 0.05) is 5.75 Å². The van der Waals surface area contributed by atoms with Gasteiger partial charge in [0.05, 0.1) is 22.9 Å². The number of amidine groups is 1. The summed E-state index contributed by atoms with van der Waals surface area (Å²) in [6, 6.07) is 3.85. The average molecular weight is 447 g/mol. The molecule has 0 spiro atoms. The summed E-state index contributed by atoms with van der Waals surface area (Å²) in [6.07, 6.45) is -0.132. The van der Waals surface area contributed by atoms with Crippen molar-refractivity contribution in [3.63, 3.8) is 0 Å². The van der Waals surface area contributed by atoms with Crippen molar-refractivity contribution in [2.24, 2.45) is 0 Å². The highest BCUT2D eigenvalue weighted by Gasteiger charge is 2.33. The first-order valence-electron chi connectivity index (χ1n) is 7.57. The van der Waals surface area contributed by atoms with Crippen molar-refractivity contribution in [3.05, 3.63) is 34.2 Å². The lowest BCUT2D eigenvalue weighted by atomic mass is 10.3. The molecule has 0 bridgehead atoms. The molecular weight excluding hydrogens is 431 g/mol. The second kappa shape index (κ2) is 7.61. The molecule has 26 heavy (non-hydrogen) atoms. The van der Waals surface area contributed by atoms with Crippen molar-refractivity contribution in [1.82, 2.24) is 10.3 Å². The molecule has 2 heterocycles. The van der Waals surface area contributed by atoms with E-state index in [0.717, 1.165) is 0 Å². The molecule has 1 saturated heterocycles. The largest absolute Gasteiger partial charge is 0.348 e. The first kappa shape index (κ1) is 19.2. The monoisotopic (exact) mass is 446 g/mol. The van der Waals surface area contributed by atoms with Crippen LogP contribution in [0.3, 0.4) is 0 Å². The smallest absolute Gasteiger partial charge is 0.186 e. The summed E-state index contributed by atoms with van der Waals surface area (Å²) in [7, 11) is 0. The van der Waals surface area contributed by atoms with E-state index in [2.05, 4.69) is 26.2 Å². The Morgan fingerprint density at radius 2 is 2.27 bits per heavy atom. The van der Waals surface area contributed by atoms with Gasteiger partial charge in [-0.15, -0.1) is 0 Å². The Hall–Kier alpha value is -1.53. The van der Waals surface area contributed by atoms with Crippen LogP contribution in [0.25, 0.3) is 0 Å². The number of thioether (sulfide) groups is 1. The molecule has 0 saturated carbocycles. The molecule has 0 unspecified atom stereocenters. The fourth-order valence-electron chi connectivity index (χ4n) is 2.28. The number of hydrogen-bond acceptors (Lipinski definition) is 8. The summed E-state index contributed by atoms with van der Waals surface area (Å²) in [5.74, 6) is -0.933. The molecule has 3 rings (SSSR count). The van der Waals surface area contributed by atoms with Gasteiger partial charge in [0.25, 0.3) is 0 Å². The number of halogens is 2. The molecule has 140 valence electrons. The van der Waals surface area contributed by atoms with Gasteiger partial charge in [-0.05, 0) is 58.3 Å². The highest BCUT2D eigenvalue weighted by molar-refractivity contribution is 9.10. The van der Waals surface area contributed by atoms with Crippen LogP contribution in [0.1, 0.15) is 19.5 Å². The van der Waals surface area contributed by atoms with E-state index in [9.17, 15) is 9.60 Å². The number of nitrogens with zero attached hydrogens (tertiary/aromatic N) is 3. The van der Waals surface area contributed by atoms with Gasteiger partial charge in [0.2, 0.25) is 0 Å². The first-order valence-corrected chi connectivity index (χ1v) is 9.35. The maximum Gasteiger partial charge on any atom is 0.186 e. The lowest BCUT2D eigenvalue weighted by Crippen LogP contribution is -2.28. The summed E-state index contributed by atoms with van der Waals surface area (Å²) in [5.41, 5.74) is 0.257. The maximum absolute atomic E-state index is 13.3. The molecular formula is C15H16BrFN4O4S. The molecule has 0 radical (unpaired) electrons. The second-order valence-electron chi connectivity index (χ2n) is 5.94. The Balaban J connectivity index is 1.69. The fraction of sp³-hybridized carbons (Fsp3) is 0.400. The Morgan fingerprint density at radius 3 is 2.92 bits per heavy atom. The van der Waals surface area contributed by atoms with E-state index in [1.54, 1.807) is 0 Å². The van der Waals surface area contributed by atoms with Crippen LogP contribution in [0, 0.1) is 11.2 Å². The van der Waals surface area contributed by atoms with Gasteiger partial charge < -0.3 is 9.47 Å². The van der Waals surface area contributed by atoms with Crippen LogP contribution in [0.2, 0.25) is 0 Å². The fourth-order valence-corrected chi connectivity index (χ4v) is 3.51. The van der Waals surface area contributed by atoms with Gasteiger partial charge in [-0.25, -0.2) is 14.1 Å². The maximum atomic E-state index is 13.3. The lowest BCUT2D eigenvalue weighted by molar-refractivity contribution is -0.135. The zero-order valence-electron chi connectivity index (χ0n) is 13.9. The number of rotatable bonds is 5. The highest BCUT2D eigenvalue weighted by atomic mass is 79.9. The standard InChI is InChI=1S/C15H16BrFN4O4S/c1-15(2)23-6-9(24-15)7-26-14-12(19-25-20-14)13(18)21(22)8-3-4-11(17)10(16)5-8/h3-5,9,18,22H,6-7H2,1-2H3/t9-/m1/s1. The predicted molar refractivity (Wildman–Crippen MR) is 95.1 cm³/mol. The minimum absolute atomic E-state index is 0.0659. The third kappa shape index (κ3) is 4.23. The summed E-state index contributed by atoms with van der Waals surface area (Å²) in [4.78, 5) is 0. The number of hydroxylamine groups is 1. The van der Waals surface area contributed by atoms with E-state index in [-0.39, 0.29) is 27.8 Å². The first-order chi connectivity index (χ1) is 12.3. The zero-order valence-corrected chi connectivity index (χ0v) is 16.3. The molecule has 0 aliphatic carbocycles. The summed E-state index contributed by atoms with van der Waals surface area (Å²) in [6.45, 7) is 4.12. The van der Waals surface area contributed by atoms with Crippen molar-refractivity contribution in [2.45, 2.75) is 30.8 Å². The second-order valence-corrected chi connectivity index (χ2v) is 7.80. The third-order valence-corrected chi connectivity index (χ3v) is 5.20. The molecule has 2 N–H and O–H groups in total. The van der Waals surface area contributed by atoms with Crippen molar-refractivity contribution in [1.29, 1.82) is 5.41 Å². The molecule has 2 aromatic rings. The number of benzene rings is 1. The molecule has 0 amide bonds. The van der Waals surface area contributed by atoms with Gasteiger partial charge in [-0.2, -0.15) is 0 Å². The van der Waals surface area contributed by atoms with Crippen molar-refractivity contribution < 1.29 is 23.7 Å². The molecule has 1 aromatic heterocycles. The Kier molecular flexibility index (Phi) is 5.63. The molecule has 8 nitrogen and oxygen atoms in total. The zero-order chi connectivity index (χ0) is 18.9. The van der Waals surface area contributed by atoms with E-state index < -0.39 is 11.6 Å². The van der Waals surface area contributed by atoms with Gasteiger partial charge in [-0.1, -0.05) is 11.8 Å². The minimum atomic E-state index is -0.624. The summed E-state index contributed by atoms with van der Waals surface area (Å²) < 4.78 is 29.4. The molecule has 1 aliphatic rings. The summed E-state index contributed by atoms with van der Waals surface area (Å²) in [5, 5.41) is 26.8. The molecule has 1 fully saturated rings. The summed E-state index contributed by atoms with van der Waals surface area (Å²) >= 11 is 4.32. The molecule has 1 atom stereocenters. The number of ether oxygens (including phenoxy) is 2. The highest BCUT2D eigenvalue weighted by Crippen LogP contribution is 2.29. The van der Waals surface area contributed by atoms with E-state index in [0.29, 0.717) is 22.4 Å². The van der Waals surface area contributed by atoms with Crippen LogP contribution in [0.15, 0.2) is 32.3 Å². The number of nitrogens with one attached hydrogen (secondary N) is 1. The number of anilines is 1. The van der Waals surface area contributed by atoms with Crippen LogP contribution in [0.4, 0.5) is 10.1 Å². The van der Waals surface area contributed by atoms with E-state index >= 15 is 0 Å². The van der Waals surface area contributed by atoms with Crippen molar-refractivity contribution >= 4 is 39.2 Å². The van der Waals surface area contributed by atoms with Crippen LogP contribution >= 0.6 is 27.7 Å². The van der Waals surface area contributed by atoms with Crippen molar-refractivity contribution in [3.8, 4) is 0 Å². The molecule has 11 heteroatoms.